The second-order valence-electron chi connectivity index (χ2n) is 7.40. The van der Waals surface area contributed by atoms with Crippen molar-refractivity contribution in [3.8, 4) is 17.0 Å². The molecule has 0 fully saturated rings. The van der Waals surface area contributed by atoms with Crippen LogP contribution in [-0.4, -0.2) is 26.1 Å². The van der Waals surface area contributed by atoms with Crippen LogP contribution in [0.4, 0.5) is 24.7 Å². The standard InChI is InChI=1S/C23H21F3N8O/c1-2-18(17(33-28)10-29-16-6-4-3-5-15(16)24)34-11-14(20-21(27)31-12-32-22(20)34)13-7-8-19(30-9-13)35-23(25)26/h3-12,18,23,28-29H,2H2,1H3,(H2,27,31,32)/b17-10-,33-28?. The highest BCUT2D eigenvalue weighted by Gasteiger charge is 2.22. The number of alkyl halides is 2. The van der Waals surface area contributed by atoms with E-state index in [2.05, 4.69) is 30.1 Å². The highest BCUT2D eigenvalue weighted by Crippen LogP contribution is 2.37. The zero-order valence-electron chi connectivity index (χ0n) is 18.5. The Hall–Kier alpha value is -4.48. The monoisotopic (exact) mass is 482 g/mol. The van der Waals surface area contributed by atoms with Gasteiger partial charge in [0.05, 0.1) is 17.1 Å². The van der Waals surface area contributed by atoms with Gasteiger partial charge in [0, 0.05) is 35.8 Å². The number of benzene rings is 1. The predicted octanol–water partition coefficient (Wildman–Crippen LogP) is 5.75. The minimum absolute atomic E-state index is 0.212. The largest absolute Gasteiger partial charge is 0.417 e. The van der Waals surface area contributed by atoms with E-state index in [4.69, 9.17) is 11.3 Å². The van der Waals surface area contributed by atoms with Crippen LogP contribution in [-0.2, 0) is 0 Å². The summed E-state index contributed by atoms with van der Waals surface area (Å²) in [5.41, 5.74) is 16.1. The van der Waals surface area contributed by atoms with Crippen LogP contribution in [0.1, 0.15) is 19.4 Å². The molecule has 0 aliphatic carbocycles. The van der Waals surface area contributed by atoms with Gasteiger partial charge < -0.3 is 20.4 Å². The maximum Gasteiger partial charge on any atom is 0.388 e. The molecule has 180 valence electrons. The highest BCUT2D eigenvalue weighted by molar-refractivity contribution is 6.00. The molecule has 1 unspecified atom stereocenters. The second-order valence-corrected chi connectivity index (χ2v) is 7.40. The number of fused-ring (bicyclic) bond motifs is 1. The molecular weight excluding hydrogens is 461 g/mol. The van der Waals surface area contributed by atoms with Crippen molar-refractivity contribution in [1.29, 1.82) is 5.53 Å². The van der Waals surface area contributed by atoms with Crippen LogP contribution in [0.5, 0.6) is 5.88 Å². The summed E-state index contributed by atoms with van der Waals surface area (Å²) < 4.78 is 45.1. The number of ether oxygens (including phenoxy) is 1. The van der Waals surface area contributed by atoms with E-state index >= 15 is 0 Å². The Morgan fingerprint density at radius 3 is 2.69 bits per heavy atom. The fourth-order valence-electron chi connectivity index (χ4n) is 3.75. The van der Waals surface area contributed by atoms with E-state index in [1.165, 1.54) is 30.9 Å². The summed E-state index contributed by atoms with van der Waals surface area (Å²) in [6, 6.07) is 8.58. The Morgan fingerprint density at radius 1 is 1.23 bits per heavy atom. The summed E-state index contributed by atoms with van der Waals surface area (Å²) in [6.45, 7) is -1.08. The first-order valence-electron chi connectivity index (χ1n) is 10.5. The van der Waals surface area contributed by atoms with Gasteiger partial charge in [-0.15, -0.1) is 0 Å². The van der Waals surface area contributed by atoms with Crippen LogP contribution < -0.4 is 15.8 Å². The summed E-state index contributed by atoms with van der Waals surface area (Å²) >= 11 is 0. The van der Waals surface area contributed by atoms with Crippen molar-refractivity contribution < 1.29 is 17.9 Å². The Kier molecular flexibility index (Phi) is 6.90. The van der Waals surface area contributed by atoms with Gasteiger partial charge in [0.1, 0.15) is 29.3 Å². The Bertz CT molecular complexity index is 1370. The zero-order valence-corrected chi connectivity index (χ0v) is 18.5. The van der Waals surface area contributed by atoms with E-state index in [0.29, 0.717) is 34.3 Å². The number of aromatic nitrogens is 4. The van der Waals surface area contributed by atoms with Crippen molar-refractivity contribution in [2.75, 3.05) is 11.1 Å². The van der Waals surface area contributed by atoms with Crippen LogP contribution in [0, 0.1) is 11.3 Å². The molecule has 1 aromatic carbocycles. The summed E-state index contributed by atoms with van der Waals surface area (Å²) in [5, 5.41) is 7.05. The van der Waals surface area contributed by atoms with Crippen molar-refractivity contribution in [2.45, 2.75) is 26.0 Å². The van der Waals surface area contributed by atoms with Crippen LogP contribution >= 0.6 is 0 Å². The number of hydrogen-bond acceptors (Lipinski definition) is 8. The average Bonchev–Trinajstić information content (AvgIpc) is 3.23. The van der Waals surface area contributed by atoms with E-state index in [1.54, 1.807) is 35.0 Å². The van der Waals surface area contributed by atoms with Gasteiger partial charge in [0.2, 0.25) is 5.88 Å². The van der Waals surface area contributed by atoms with E-state index in [-0.39, 0.29) is 17.4 Å². The lowest BCUT2D eigenvalue weighted by Crippen LogP contribution is -2.11. The fraction of sp³-hybridized carbons (Fsp3) is 0.174. The Morgan fingerprint density at radius 2 is 2.03 bits per heavy atom. The lowest BCUT2D eigenvalue weighted by molar-refractivity contribution is -0.0528. The molecule has 1 atom stereocenters. The van der Waals surface area contributed by atoms with Crippen LogP contribution in [0.25, 0.3) is 22.2 Å². The fourth-order valence-corrected chi connectivity index (χ4v) is 3.75. The minimum Gasteiger partial charge on any atom is -0.417 e. The molecular formula is C23H21F3N8O. The molecule has 0 saturated heterocycles. The molecule has 0 saturated carbocycles. The van der Waals surface area contributed by atoms with Crippen LogP contribution in [0.15, 0.2) is 72.1 Å². The van der Waals surface area contributed by atoms with Crippen molar-refractivity contribution in [3.05, 3.63) is 72.8 Å². The molecule has 0 bridgehead atoms. The number of para-hydroxylation sites is 1. The lowest BCUT2D eigenvalue weighted by Gasteiger charge is -2.18. The lowest BCUT2D eigenvalue weighted by atomic mass is 10.1. The topological polar surface area (TPSA) is 127 Å². The van der Waals surface area contributed by atoms with Crippen molar-refractivity contribution in [2.24, 2.45) is 5.11 Å². The zero-order chi connectivity index (χ0) is 24.9. The van der Waals surface area contributed by atoms with Crippen molar-refractivity contribution >= 4 is 22.5 Å². The Balaban J connectivity index is 1.78. The second kappa shape index (κ2) is 10.2. The smallest absolute Gasteiger partial charge is 0.388 e. The molecule has 0 aliphatic heterocycles. The van der Waals surface area contributed by atoms with Crippen LogP contribution in [0.3, 0.4) is 0 Å². The molecule has 35 heavy (non-hydrogen) atoms. The molecule has 12 heteroatoms. The first-order valence-corrected chi connectivity index (χ1v) is 10.5. The molecule has 3 heterocycles. The number of halogens is 3. The number of anilines is 2. The van der Waals surface area contributed by atoms with Gasteiger partial charge in [-0.05, 0) is 24.6 Å². The van der Waals surface area contributed by atoms with Gasteiger partial charge in [-0.3, -0.25) is 0 Å². The number of hydrogen-bond donors (Lipinski definition) is 3. The van der Waals surface area contributed by atoms with Gasteiger partial charge in [-0.2, -0.15) is 13.9 Å². The summed E-state index contributed by atoms with van der Waals surface area (Å²) in [6.07, 6.45) is 6.45. The van der Waals surface area contributed by atoms with E-state index < -0.39 is 18.5 Å². The molecule has 0 aliphatic rings. The number of allylic oxidation sites excluding steroid dienone is 1. The molecule has 0 radical (unpaired) electrons. The normalized spacial score (nSPS) is 12.7. The van der Waals surface area contributed by atoms with E-state index in [9.17, 15) is 13.2 Å². The van der Waals surface area contributed by atoms with Gasteiger partial charge >= 0.3 is 6.61 Å². The molecule has 9 nitrogen and oxygen atoms in total. The number of nitrogens with zero attached hydrogens (tertiary/aromatic N) is 5. The van der Waals surface area contributed by atoms with Crippen molar-refractivity contribution in [1.82, 2.24) is 19.5 Å². The maximum absolute atomic E-state index is 14.0. The summed E-state index contributed by atoms with van der Waals surface area (Å²) in [7, 11) is 0. The van der Waals surface area contributed by atoms with E-state index in [1.807, 2.05) is 6.92 Å². The molecule has 4 N–H and O–H groups in total. The SMILES string of the molecule is CCC(/C(=C/Nc1ccccc1F)N=N)n1cc(-c2ccc(OC(F)F)nc2)c2c(N)ncnc21. The van der Waals surface area contributed by atoms with E-state index in [0.717, 1.165) is 0 Å². The molecule has 0 amide bonds. The van der Waals surface area contributed by atoms with Gasteiger partial charge in [0.15, 0.2) is 0 Å². The third kappa shape index (κ3) is 4.90. The summed E-state index contributed by atoms with van der Waals surface area (Å²) in [5.74, 6) is -0.452. The number of pyridine rings is 1. The predicted molar refractivity (Wildman–Crippen MR) is 124 cm³/mol. The average molecular weight is 482 g/mol. The molecule has 4 aromatic rings. The molecule has 4 rings (SSSR count). The van der Waals surface area contributed by atoms with Crippen LogP contribution in [0.2, 0.25) is 0 Å². The molecule has 3 aromatic heterocycles. The third-order valence-corrected chi connectivity index (χ3v) is 5.34. The third-order valence-electron chi connectivity index (χ3n) is 5.34. The first-order chi connectivity index (χ1) is 16.9. The number of rotatable bonds is 9. The van der Waals surface area contributed by atoms with Gasteiger partial charge in [-0.1, -0.05) is 19.1 Å². The highest BCUT2D eigenvalue weighted by atomic mass is 19.3. The Labute approximate surface area is 198 Å². The van der Waals surface area contributed by atoms with Crippen molar-refractivity contribution in [3.63, 3.8) is 0 Å². The molecule has 0 spiro atoms. The first kappa shape index (κ1) is 23.7. The summed E-state index contributed by atoms with van der Waals surface area (Å²) in [4.78, 5) is 12.4. The maximum atomic E-state index is 14.0. The van der Waals surface area contributed by atoms with Gasteiger partial charge in [-0.25, -0.2) is 24.9 Å². The quantitative estimate of drug-likeness (QED) is 0.261. The number of nitrogen functional groups attached to an aromatic ring is 1. The minimum atomic E-state index is -2.98. The number of nitrogens with two attached hydrogens (primary N) is 1. The van der Waals surface area contributed by atoms with Gasteiger partial charge in [0.25, 0.3) is 0 Å². The number of nitrogens with one attached hydrogen (secondary N) is 2.